The van der Waals surface area contributed by atoms with Gasteiger partial charge in [0.25, 0.3) is 0 Å². The van der Waals surface area contributed by atoms with Gasteiger partial charge in [-0.1, -0.05) is 29.1 Å². The summed E-state index contributed by atoms with van der Waals surface area (Å²) >= 11 is 2.94. The van der Waals surface area contributed by atoms with Gasteiger partial charge in [-0.15, -0.1) is 0 Å². The average molecular weight is 305 g/mol. The Kier molecular flexibility index (Phi) is 6.35. The van der Waals surface area contributed by atoms with Crippen molar-refractivity contribution in [3.63, 3.8) is 0 Å². The SMILES string of the molecule is C=C(Br)/C=C\C(=C)OC(F)(F)COC(F)F. The van der Waals surface area contributed by atoms with Crippen molar-refractivity contribution in [1.29, 1.82) is 0 Å². The molecule has 0 aromatic carbocycles. The third kappa shape index (κ3) is 8.49. The van der Waals surface area contributed by atoms with Crippen LogP contribution in [-0.2, 0) is 9.47 Å². The molecule has 0 aromatic rings. The number of alkyl halides is 4. The largest absolute Gasteiger partial charge is 0.431 e. The van der Waals surface area contributed by atoms with E-state index in [1.807, 2.05) is 0 Å². The van der Waals surface area contributed by atoms with Crippen LogP contribution in [0, 0.1) is 0 Å². The molecule has 0 atom stereocenters. The highest BCUT2D eigenvalue weighted by Gasteiger charge is 2.33. The highest BCUT2D eigenvalue weighted by atomic mass is 79.9. The molecule has 0 saturated carbocycles. The van der Waals surface area contributed by atoms with Crippen LogP contribution >= 0.6 is 15.9 Å². The molecule has 0 amide bonds. The van der Waals surface area contributed by atoms with Crippen LogP contribution in [0.4, 0.5) is 17.6 Å². The smallest absolute Gasteiger partial charge is 0.422 e. The molecule has 0 radical (unpaired) electrons. The molecule has 0 bridgehead atoms. The maximum absolute atomic E-state index is 12.7. The molecule has 16 heavy (non-hydrogen) atoms. The van der Waals surface area contributed by atoms with E-state index in [4.69, 9.17) is 0 Å². The normalized spacial score (nSPS) is 12.1. The van der Waals surface area contributed by atoms with Crippen molar-refractivity contribution in [3.05, 3.63) is 35.6 Å². The Morgan fingerprint density at radius 2 is 1.88 bits per heavy atom. The van der Waals surface area contributed by atoms with Gasteiger partial charge in [0.2, 0.25) is 0 Å². The molecule has 0 aliphatic carbocycles. The monoisotopic (exact) mass is 304 g/mol. The molecule has 0 N–H and O–H groups in total. The minimum atomic E-state index is -3.86. The molecule has 0 aliphatic rings. The van der Waals surface area contributed by atoms with Gasteiger partial charge in [-0.05, 0) is 12.2 Å². The van der Waals surface area contributed by atoms with Gasteiger partial charge in [-0.3, -0.25) is 0 Å². The number of allylic oxidation sites excluding steroid dienone is 3. The van der Waals surface area contributed by atoms with Crippen molar-refractivity contribution in [2.45, 2.75) is 12.7 Å². The minimum Gasteiger partial charge on any atom is -0.431 e. The molecular weight excluding hydrogens is 296 g/mol. The van der Waals surface area contributed by atoms with E-state index in [1.165, 1.54) is 6.08 Å². The van der Waals surface area contributed by atoms with Gasteiger partial charge in [0, 0.05) is 4.48 Å². The third-order valence-corrected chi connectivity index (χ3v) is 1.37. The van der Waals surface area contributed by atoms with Crippen LogP contribution in [0.5, 0.6) is 0 Å². The van der Waals surface area contributed by atoms with Gasteiger partial charge in [0.15, 0.2) is 6.61 Å². The van der Waals surface area contributed by atoms with Gasteiger partial charge in [-0.2, -0.15) is 17.6 Å². The quantitative estimate of drug-likeness (QED) is 0.404. The summed E-state index contributed by atoms with van der Waals surface area (Å²) in [6.07, 6.45) is -1.44. The zero-order chi connectivity index (χ0) is 12.8. The summed E-state index contributed by atoms with van der Waals surface area (Å²) in [6.45, 7) is 1.72. The molecule has 0 unspecified atom stereocenters. The summed E-state index contributed by atoms with van der Waals surface area (Å²) < 4.78 is 56.3. The molecule has 0 heterocycles. The van der Waals surface area contributed by atoms with Crippen molar-refractivity contribution < 1.29 is 27.0 Å². The van der Waals surface area contributed by atoms with Crippen molar-refractivity contribution in [2.75, 3.05) is 6.61 Å². The van der Waals surface area contributed by atoms with Crippen LogP contribution in [0.2, 0.25) is 0 Å². The van der Waals surface area contributed by atoms with Crippen LogP contribution in [0.1, 0.15) is 0 Å². The number of halogens is 5. The highest BCUT2D eigenvalue weighted by molar-refractivity contribution is 9.11. The van der Waals surface area contributed by atoms with E-state index in [-0.39, 0.29) is 0 Å². The van der Waals surface area contributed by atoms with Crippen LogP contribution in [0.25, 0.3) is 0 Å². The second-order valence-corrected chi connectivity index (χ2v) is 3.58. The Morgan fingerprint density at radius 1 is 1.31 bits per heavy atom. The molecule has 0 aromatic heterocycles. The summed E-state index contributed by atoms with van der Waals surface area (Å²) in [6, 6.07) is 0. The van der Waals surface area contributed by atoms with E-state index >= 15 is 0 Å². The van der Waals surface area contributed by atoms with E-state index in [2.05, 4.69) is 38.6 Å². The standard InChI is InChI=1S/C9H9BrF4O2/c1-6(10)3-4-7(2)16-9(13,14)5-15-8(11)12/h3-4,8H,1-2,5H2/b4-3-. The molecule has 0 rings (SSSR count). The molecule has 0 spiro atoms. The predicted molar refractivity (Wildman–Crippen MR) is 54.3 cm³/mol. The summed E-state index contributed by atoms with van der Waals surface area (Å²) in [5.41, 5.74) is 0. The fraction of sp³-hybridized carbons (Fsp3) is 0.333. The number of hydrogen-bond donors (Lipinski definition) is 0. The van der Waals surface area contributed by atoms with Gasteiger partial charge in [0.1, 0.15) is 5.76 Å². The maximum Gasteiger partial charge on any atom is 0.422 e. The first-order chi connectivity index (χ1) is 7.23. The molecule has 0 aliphatic heterocycles. The van der Waals surface area contributed by atoms with Crippen LogP contribution in [0.3, 0.4) is 0 Å². The molecule has 2 nitrogen and oxygen atoms in total. The van der Waals surface area contributed by atoms with E-state index in [0.29, 0.717) is 4.48 Å². The van der Waals surface area contributed by atoms with Crippen molar-refractivity contribution >= 4 is 15.9 Å². The Labute approximate surface area is 98.3 Å². The second kappa shape index (κ2) is 6.70. The summed E-state index contributed by atoms with van der Waals surface area (Å²) in [7, 11) is 0. The average Bonchev–Trinajstić information content (AvgIpc) is 2.11. The fourth-order valence-corrected chi connectivity index (χ4v) is 0.731. The molecule has 0 fully saturated rings. The number of ether oxygens (including phenoxy) is 2. The first kappa shape index (κ1) is 15.2. The molecule has 7 heteroatoms. The number of rotatable bonds is 7. The van der Waals surface area contributed by atoms with E-state index in [9.17, 15) is 17.6 Å². The molecule has 0 saturated heterocycles. The fourth-order valence-electron chi connectivity index (χ4n) is 0.599. The predicted octanol–water partition coefficient (Wildman–Crippen LogP) is 3.81. The van der Waals surface area contributed by atoms with Crippen LogP contribution in [-0.4, -0.2) is 19.3 Å². The second-order valence-electron chi connectivity index (χ2n) is 2.56. The Bertz CT molecular complexity index is 289. The third-order valence-electron chi connectivity index (χ3n) is 1.11. The van der Waals surface area contributed by atoms with Crippen molar-refractivity contribution in [2.24, 2.45) is 0 Å². The first-order valence-electron chi connectivity index (χ1n) is 3.91. The summed E-state index contributed by atoms with van der Waals surface area (Å²) in [4.78, 5) is 0. The first-order valence-corrected chi connectivity index (χ1v) is 4.70. The molecule has 92 valence electrons. The summed E-state index contributed by atoms with van der Waals surface area (Å²) in [5, 5.41) is 0. The van der Waals surface area contributed by atoms with E-state index < -0.39 is 25.1 Å². The Morgan fingerprint density at radius 3 is 2.31 bits per heavy atom. The van der Waals surface area contributed by atoms with Gasteiger partial charge in [0.05, 0.1) is 0 Å². The maximum atomic E-state index is 12.7. The zero-order valence-electron chi connectivity index (χ0n) is 8.06. The van der Waals surface area contributed by atoms with Gasteiger partial charge < -0.3 is 9.47 Å². The van der Waals surface area contributed by atoms with Gasteiger partial charge in [-0.25, -0.2) is 0 Å². The van der Waals surface area contributed by atoms with E-state index in [0.717, 1.165) is 6.08 Å². The Hall–Kier alpha value is -0.820. The highest BCUT2D eigenvalue weighted by Crippen LogP contribution is 2.21. The topological polar surface area (TPSA) is 18.5 Å². The van der Waals surface area contributed by atoms with Crippen LogP contribution in [0.15, 0.2) is 35.6 Å². The number of hydrogen-bond acceptors (Lipinski definition) is 2. The van der Waals surface area contributed by atoms with Crippen LogP contribution < -0.4 is 0 Å². The lowest BCUT2D eigenvalue weighted by Crippen LogP contribution is -2.28. The zero-order valence-corrected chi connectivity index (χ0v) is 9.65. The van der Waals surface area contributed by atoms with Crippen molar-refractivity contribution in [1.82, 2.24) is 0 Å². The lowest BCUT2D eigenvalue weighted by Gasteiger charge is -2.17. The summed E-state index contributed by atoms with van der Waals surface area (Å²) in [5.74, 6) is -0.400. The van der Waals surface area contributed by atoms with E-state index in [1.54, 1.807) is 0 Å². The van der Waals surface area contributed by atoms with Crippen molar-refractivity contribution in [3.8, 4) is 0 Å². The van der Waals surface area contributed by atoms with Gasteiger partial charge >= 0.3 is 12.7 Å². The lowest BCUT2D eigenvalue weighted by molar-refractivity contribution is -0.272. The minimum absolute atomic E-state index is 0.400. The lowest BCUT2D eigenvalue weighted by atomic mass is 10.4. The molecular formula is C9H9BrF4O2. The Balaban J connectivity index is 4.14.